The maximum atomic E-state index is 15.1. The molecule has 42 heavy (non-hydrogen) atoms. The molecule has 5 rings (SSSR count). The summed E-state index contributed by atoms with van der Waals surface area (Å²) in [4.78, 5) is 35.2. The number of aromatic nitrogens is 2. The van der Waals surface area contributed by atoms with Crippen molar-refractivity contribution in [1.29, 1.82) is 0 Å². The quantitative estimate of drug-likeness (QED) is 0.432. The second kappa shape index (κ2) is 12.1. The van der Waals surface area contributed by atoms with Crippen molar-refractivity contribution < 1.29 is 23.2 Å². The molecular formula is C30H37F2N7O3. The van der Waals surface area contributed by atoms with Crippen LogP contribution in [0.3, 0.4) is 0 Å². The van der Waals surface area contributed by atoms with Crippen molar-refractivity contribution in [2.24, 2.45) is 12.5 Å². The predicted molar refractivity (Wildman–Crippen MR) is 155 cm³/mol. The van der Waals surface area contributed by atoms with Gasteiger partial charge in [-0.25, -0.2) is 13.6 Å². The van der Waals surface area contributed by atoms with Gasteiger partial charge in [-0.05, 0) is 48.7 Å². The van der Waals surface area contributed by atoms with E-state index in [0.29, 0.717) is 30.3 Å². The Hall–Kier alpha value is -4.03. The van der Waals surface area contributed by atoms with E-state index in [-0.39, 0.29) is 29.6 Å². The van der Waals surface area contributed by atoms with E-state index in [4.69, 9.17) is 4.84 Å². The number of piperazine rings is 1. The van der Waals surface area contributed by atoms with E-state index < -0.39 is 23.6 Å². The Labute approximate surface area is 244 Å². The average Bonchev–Trinajstić information content (AvgIpc) is 3.19. The van der Waals surface area contributed by atoms with Crippen LogP contribution in [0.15, 0.2) is 42.6 Å². The lowest BCUT2D eigenvalue weighted by Gasteiger charge is -2.34. The number of nitrogens with one attached hydrogen (secondary N) is 2. The fourth-order valence-electron chi connectivity index (χ4n) is 5.00. The van der Waals surface area contributed by atoms with Gasteiger partial charge in [0.1, 0.15) is 17.5 Å². The summed E-state index contributed by atoms with van der Waals surface area (Å²) in [5.74, 6) is -0.915. The summed E-state index contributed by atoms with van der Waals surface area (Å²) in [5, 5.41) is 11.6. The maximum Gasteiger partial charge on any atom is 0.426 e. The van der Waals surface area contributed by atoms with Gasteiger partial charge in [0, 0.05) is 56.5 Å². The van der Waals surface area contributed by atoms with Crippen LogP contribution in [0.1, 0.15) is 48.7 Å². The Kier molecular flexibility index (Phi) is 8.46. The molecule has 2 aromatic carbocycles. The number of amides is 2. The second-order valence-electron chi connectivity index (χ2n) is 11.9. The van der Waals surface area contributed by atoms with Crippen LogP contribution in [0.2, 0.25) is 0 Å². The smallest absolute Gasteiger partial charge is 0.351 e. The number of hydrogen-bond donors (Lipinski definition) is 2. The van der Waals surface area contributed by atoms with Crippen molar-refractivity contribution in [3.8, 4) is 0 Å². The molecule has 2 aliphatic heterocycles. The third-order valence-corrected chi connectivity index (χ3v) is 7.54. The van der Waals surface area contributed by atoms with Crippen molar-refractivity contribution >= 4 is 29.2 Å². The second-order valence-corrected chi connectivity index (χ2v) is 11.9. The van der Waals surface area contributed by atoms with E-state index in [1.54, 1.807) is 23.0 Å². The van der Waals surface area contributed by atoms with Crippen LogP contribution >= 0.6 is 0 Å². The summed E-state index contributed by atoms with van der Waals surface area (Å²) < 4.78 is 30.8. The summed E-state index contributed by atoms with van der Waals surface area (Å²) >= 11 is 0. The first-order valence-electron chi connectivity index (χ1n) is 14.1. The molecule has 10 nitrogen and oxygen atoms in total. The molecule has 0 bridgehead atoms. The van der Waals surface area contributed by atoms with E-state index in [9.17, 15) is 14.0 Å². The highest BCUT2D eigenvalue weighted by molar-refractivity contribution is 6.08. The number of halogens is 2. The molecule has 0 saturated carbocycles. The number of carbonyl (C=O) groups is 2. The standard InChI is InChI=1S/C30H37F2N7O3/c1-30(2,3)9-10-37-11-13-38(14-12-37)42-29(41)33-17-21-6-5-20(15-24(21)32)28(40)39-19-22-18-34-36(4)27(22)35-25-16-23(31)7-8-26(25)39/h5-8,15-16,18,35H,9-14,17,19H2,1-4H3,(H,33,41). The minimum atomic E-state index is -0.661. The molecule has 0 unspecified atom stereocenters. The lowest BCUT2D eigenvalue weighted by molar-refractivity contribution is -0.123. The highest BCUT2D eigenvalue weighted by Gasteiger charge is 2.28. The van der Waals surface area contributed by atoms with Crippen molar-refractivity contribution in [3.05, 3.63) is 70.9 Å². The van der Waals surface area contributed by atoms with Crippen LogP contribution in [-0.2, 0) is 25.0 Å². The summed E-state index contributed by atoms with van der Waals surface area (Å²) in [6.07, 6.45) is 2.07. The molecule has 1 saturated heterocycles. The van der Waals surface area contributed by atoms with Gasteiger partial charge in [0.2, 0.25) is 0 Å². The fourth-order valence-corrected chi connectivity index (χ4v) is 5.00. The first-order valence-corrected chi connectivity index (χ1v) is 14.1. The molecule has 12 heteroatoms. The molecule has 2 N–H and O–H groups in total. The van der Waals surface area contributed by atoms with Gasteiger partial charge in [0.05, 0.1) is 24.1 Å². The zero-order chi connectivity index (χ0) is 30.0. The van der Waals surface area contributed by atoms with Crippen molar-refractivity contribution in [2.45, 2.75) is 40.3 Å². The number of rotatable bonds is 6. The Morgan fingerprint density at radius 3 is 2.55 bits per heavy atom. The minimum Gasteiger partial charge on any atom is -0.351 e. The zero-order valence-electron chi connectivity index (χ0n) is 24.4. The van der Waals surface area contributed by atoms with Crippen LogP contribution in [0.4, 0.5) is 30.8 Å². The molecule has 0 spiro atoms. The van der Waals surface area contributed by atoms with Gasteiger partial charge >= 0.3 is 6.09 Å². The first kappa shape index (κ1) is 29.5. The van der Waals surface area contributed by atoms with E-state index in [1.807, 2.05) is 0 Å². The van der Waals surface area contributed by atoms with Gasteiger partial charge in [-0.3, -0.25) is 9.48 Å². The number of hydrogen-bond acceptors (Lipinski definition) is 7. The minimum absolute atomic E-state index is 0.0977. The molecule has 0 atom stereocenters. The van der Waals surface area contributed by atoms with Crippen LogP contribution < -0.4 is 15.5 Å². The average molecular weight is 582 g/mol. The number of fused-ring (bicyclic) bond motifs is 2. The molecule has 1 fully saturated rings. The van der Waals surface area contributed by atoms with Gasteiger partial charge in [-0.15, -0.1) is 5.06 Å². The summed E-state index contributed by atoms with van der Waals surface area (Å²) in [6, 6.07) is 8.22. The Morgan fingerprint density at radius 2 is 1.83 bits per heavy atom. The Balaban J connectivity index is 1.19. The summed E-state index contributed by atoms with van der Waals surface area (Å²) in [6.45, 7) is 10.6. The van der Waals surface area contributed by atoms with Gasteiger partial charge in [0.25, 0.3) is 5.91 Å². The molecule has 3 heterocycles. The molecule has 0 aliphatic carbocycles. The largest absolute Gasteiger partial charge is 0.426 e. The number of aryl methyl sites for hydroxylation is 1. The fraction of sp³-hybridized carbons (Fsp3) is 0.433. The number of benzene rings is 2. The maximum absolute atomic E-state index is 15.1. The Morgan fingerprint density at radius 1 is 1.07 bits per heavy atom. The van der Waals surface area contributed by atoms with Gasteiger partial charge in [-0.2, -0.15) is 5.10 Å². The topological polar surface area (TPSA) is 95.0 Å². The Bertz CT molecular complexity index is 1460. The van der Waals surface area contributed by atoms with Crippen LogP contribution in [0, 0.1) is 17.0 Å². The third-order valence-electron chi connectivity index (χ3n) is 7.54. The predicted octanol–water partition coefficient (Wildman–Crippen LogP) is 4.80. The van der Waals surface area contributed by atoms with Crippen molar-refractivity contribution in [2.75, 3.05) is 42.9 Å². The van der Waals surface area contributed by atoms with Gasteiger partial charge < -0.3 is 25.3 Å². The van der Waals surface area contributed by atoms with Crippen LogP contribution in [0.5, 0.6) is 0 Å². The number of anilines is 3. The molecule has 224 valence electrons. The van der Waals surface area contributed by atoms with Crippen LogP contribution in [-0.4, -0.2) is 64.5 Å². The van der Waals surface area contributed by atoms with Gasteiger partial charge in [0.15, 0.2) is 0 Å². The van der Waals surface area contributed by atoms with Crippen molar-refractivity contribution in [3.63, 3.8) is 0 Å². The molecule has 2 amide bonds. The first-order chi connectivity index (χ1) is 20.0. The van der Waals surface area contributed by atoms with Crippen LogP contribution in [0.25, 0.3) is 0 Å². The molecule has 1 aromatic heterocycles. The normalized spacial score (nSPS) is 15.8. The lowest BCUT2D eigenvalue weighted by atomic mass is 9.92. The van der Waals surface area contributed by atoms with Crippen molar-refractivity contribution in [1.82, 2.24) is 25.1 Å². The number of nitrogens with zero attached hydrogens (tertiary/aromatic N) is 5. The SMILES string of the molecule is Cn1ncc2c1Nc1cc(F)ccc1N(C(=O)c1ccc(CNC(=O)ON3CCN(CCC(C)(C)C)CC3)c(F)c1)C2. The molecular weight excluding hydrogens is 544 g/mol. The van der Waals surface area contributed by atoms with Gasteiger partial charge in [-0.1, -0.05) is 26.8 Å². The summed E-state index contributed by atoms with van der Waals surface area (Å²) in [7, 11) is 1.75. The van der Waals surface area contributed by atoms with E-state index >= 15 is 4.39 Å². The summed E-state index contributed by atoms with van der Waals surface area (Å²) in [5.41, 5.74) is 2.19. The lowest BCUT2D eigenvalue weighted by Crippen LogP contribution is -2.48. The molecule has 3 aromatic rings. The third kappa shape index (κ3) is 6.88. The van der Waals surface area contributed by atoms with E-state index in [0.717, 1.165) is 37.7 Å². The molecule has 2 aliphatic rings. The zero-order valence-corrected chi connectivity index (χ0v) is 24.4. The van der Waals surface area contributed by atoms with E-state index in [2.05, 4.69) is 41.4 Å². The number of hydroxylamine groups is 2. The monoisotopic (exact) mass is 581 g/mol. The number of carbonyl (C=O) groups excluding carboxylic acids is 2. The highest BCUT2D eigenvalue weighted by Crippen LogP contribution is 2.37. The van der Waals surface area contributed by atoms with E-state index in [1.165, 1.54) is 35.2 Å². The highest BCUT2D eigenvalue weighted by atomic mass is 19.1. The molecule has 0 radical (unpaired) electrons.